The molecule has 1 amide bonds. The predicted molar refractivity (Wildman–Crippen MR) is 108 cm³/mol. The summed E-state index contributed by atoms with van der Waals surface area (Å²) >= 11 is 0. The van der Waals surface area contributed by atoms with E-state index in [1.165, 1.54) is 21.4 Å². The number of piperidine rings is 1. The number of amides is 1. The molecule has 3 heterocycles. The fourth-order valence-electron chi connectivity index (χ4n) is 3.41. The van der Waals surface area contributed by atoms with Crippen LogP contribution in [0.2, 0.25) is 0 Å². The first-order valence-electron chi connectivity index (χ1n) is 9.50. The van der Waals surface area contributed by atoms with Crippen molar-refractivity contribution in [1.82, 2.24) is 29.5 Å². The molecular formula is C19H21N7O3S. The fraction of sp³-hybridized carbons (Fsp3) is 0.316. The van der Waals surface area contributed by atoms with Gasteiger partial charge in [-0.05, 0) is 66.1 Å². The second kappa shape index (κ2) is 8.28. The van der Waals surface area contributed by atoms with E-state index in [1.807, 2.05) is 13.0 Å². The van der Waals surface area contributed by atoms with Gasteiger partial charge in [0.1, 0.15) is 12.1 Å². The molecule has 1 aliphatic heterocycles. The molecule has 2 aromatic heterocycles. The van der Waals surface area contributed by atoms with Gasteiger partial charge in [-0.3, -0.25) is 4.79 Å². The lowest BCUT2D eigenvalue weighted by Gasteiger charge is -2.30. The van der Waals surface area contributed by atoms with Crippen LogP contribution in [0.15, 0.2) is 53.8 Å². The number of rotatable bonds is 5. The molecule has 4 rings (SSSR count). The van der Waals surface area contributed by atoms with Crippen molar-refractivity contribution in [3.8, 4) is 5.69 Å². The number of hydrogen-bond acceptors (Lipinski definition) is 7. The fourth-order valence-corrected chi connectivity index (χ4v) is 4.92. The first kappa shape index (κ1) is 20.1. The van der Waals surface area contributed by atoms with Crippen molar-refractivity contribution >= 4 is 21.7 Å². The number of hydrogen-bond donors (Lipinski definition) is 1. The molecule has 11 heteroatoms. The summed E-state index contributed by atoms with van der Waals surface area (Å²) in [6, 6.07) is 10.1. The van der Waals surface area contributed by atoms with Crippen LogP contribution in [-0.4, -0.2) is 56.9 Å². The summed E-state index contributed by atoms with van der Waals surface area (Å²) in [5.41, 5.74) is 1.56. The Labute approximate surface area is 174 Å². The molecule has 0 aliphatic carbocycles. The van der Waals surface area contributed by atoms with Crippen molar-refractivity contribution in [2.45, 2.75) is 24.7 Å². The van der Waals surface area contributed by atoms with Crippen LogP contribution in [-0.2, 0) is 14.8 Å². The van der Waals surface area contributed by atoms with Gasteiger partial charge in [0, 0.05) is 25.2 Å². The molecule has 10 nitrogen and oxygen atoms in total. The minimum absolute atomic E-state index is 0.133. The number of sulfonamides is 1. The molecule has 1 saturated heterocycles. The summed E-state index contributed by atoms with van der Waals surface area (Å²) < 4.78 is 29.0. The number of carbonyl (C=O) groups excluding carboxylic acids is 1. The van der Waals surface area contributed by atoms with Gasteiger partial charge in [0.05, 0.1) is 10.6 Å². The summed E-state index contributed by atoms with van der Waals surface area (Å²) in [5.74, 6) is 0.117. The Morgan fingerprint density at radius 2 is 1.97 bits per heavy atom. The van der Waals surface area contributed by atoms with Crippen LogP contribution in [0.4, 0.5) is 5.82 Å². The SMILES string of the molecule is Cc1ccnc(NC(=O)C2CCN(S(=O)(=O)c3cccc(-n4cnnn4)c3)CC2)c1. The van der Waals surface area contributed by atoms with Crippen molar-refractivity contribution in [2.75, 3.05) is 18.4 Å². The van der Waals surface area contributed by atoms with Crippen LogP contribution >= 0.6 is 0 Å². The van der Waals surface area contributed by atoms with Gasteiger partial charge in [-0.1, -0.05) is 6.07 Å². The zero-order chi connectivity index (χ0) is 21.1. The molecule has 0 bridgehead atoms. The Kier molecular flexibility index (Phi) is 5.55. The van der Waals surface area contributed by atoms with Crippen LogP contribution in [0.5, 0.6) is 0 Å². The Bertz CT molecular complexity index is 1140. The topological polar surface area (TPSA) is 123 Å². The maximum Gasteiger partial charge on any atom is 0.243 e. The molecule has 0 unspecified atom stereocenters. The van der Waals surface area contributed by atoms with Crippen molar-refractivity contribution in [2.24, 2.45) is 5.92 Å². The first-order valence-corrected chi connectivity index (χ1v) is 10.9. The van der Waals surface area contributed by atoms with E-state index in [-0.39, 0.29) is 29.8 Å². The summed E-state index contributed by atoms with van der Waals surface area (Å²) in [7, 11) is -3.68. The third-order valence-electron chi connectivity index (χ3n) is 5.06. The lowest BCUT2D eigenvalue weighted by atomic mass is 9.97. The molecule has 30 heavy (non-hydrogen) atoms. The molecular weight excluding hydrogens is 406 g/mol. The maximum absolute atomic E-state index is 13.1. The molecule has 1 aromatic carbocycles. The zero-order valence-corrected chi connectivity index (χ0v) is 17.2. The highest BCUT2D eigenvalue weighted by Gasteiger charge is 2.32. The lowest BCUT2D eigenvalue weighted by molar-refractivity contribution is -0.120. The van der Waals surface area contributed by atoms with E-state index in [0.717, 1.165) is 5.56 Å². The highest BCUT2D eigenvalue weighted by atomic mass is 32.2. The Balaban J connectivity index is 1.42. The molecule has 0 radical (unpaired) electrons. The van der Waals surface area contributed by atoms with Gasteiger partial charge in [0.25, 0.3) is 0 Å². The standard InChI is InChI=1S/C19H21N7O3S/c1-14-5-8-20-18(11-14)22-19(27)15-6-9-25(10-7-15)30(28,29)17-4-2-3-16(12-17)26-13-21-23-24-26/h2-5,8,11-13,15H,6-7,9-10H2,1H3,(H,20,22,27). The zero-order valence-electron chi connectivity index (χ0n) is 16.3. The van der Waals surface area contributed by atoms with Gasteiger partial charge in [-0.15, -0.1) is 5.10 Å². The third kappa shape index (κ3) is 4.21. The Hall–Kier alpha value is -3.18. The van der Waals surface area contributed by atoms with Gasteiger partial charge in [0.2, 0.25) is 15.9 Å². The average Bonchev–Trinajstić information content (AvgIpc) is 3.29. The van der Waals surface area contributed by atoms with Crippen LogP contribution in [0, 0.1) is 12.8 Å². The van der Waals surface area contributed by atoms with Gasteiger partial charge in [-0.25, -0.2) is 18.1 Å². The van der Waals surface area contributed by atoms with Crippen LogP contribution in [0.3, 0.4) is 0 Å². The van der Waals surface area contributed by atoms with E-state index < -0.39 is 10.0 Å². The van der Waals surface area contributed by atoms with Crippen molar-refractivity contribution < 1.29 is 13.2 Å². The number of anilines is 1. The van der Waals surface area contributed by atoms with Gasteiger partial charge < -0.3 is 5.32 Å². The number of nitrogens with one attached hydrogen (secondary N) is 1. The van der Waals surface area contributed by atoms with Crippen LogP contribution in [0.1, 0.15) is 18.4 Å². The first-order chi connectivity index (χ1) is 14.4. The smallest absolute Gasteiger partial charge is 0.243 e. The second-order valence-electron chi connectivity index (χ2n) is 7.14. The highest BCUT2D eigenvalue weighted by Crippen LogP contribution is 2.25. The molecule has 0 saturated carbocycles. The number of pyridine rings is 1. The normalized spacial score (nSPS) is 15.8. The average molecular weight is 427 g/mol. The van der Waals surface area contributed by atoms with E-state index >= 15 is 0 Å². The second-order valence-corrected chi connectivity index (χ2v) is 9.08. The maximum atomic E-state index is 13.1. The third-order valence-corrected chi connectivity index (χ3v) is 6.96. The van der Waals surface area contributed by atoms with E-state index in [2.05, 4.69) is 25.8 Å². The number of aryl methyl sites for hydroxylation is 1. The summed E-state index contributed by atoms with van der Waals surface area (Å²) in [4.78, 5) is 16.9. The monoisotopic (exact) mass is 427 g/mol. The summed E-state index contributed by atoms with van der Waals surface area (Å²) in [6.07, 6.45) is 3.94. The summed E-state index contributed by atoms with van der Waals surface area (Å²) in [5, 5.41) is 13.8. The number of nitrogens with zero attached hydrogens (tertiary/aromatic N) is 6. The number of carbonyl (C=O) groups is 1. The van der Waals surface area contributed by atoms with Crippen molar-refractivity contribution in [1.29, 1.82) is 0 Å². The molecule has 0 spiro atoms. The van der Waals surface area contributed by atoms with E-state index in [9.17, 15) is 13.2 Å². The quantitative estimate of drug-likeness (QED) is 0.653. The van der Waals surface area contributed by atoms with Gasteiger partial charge in [0.15, 0.2) is 0 Å². The Morgan fingerprint density at radius 1 is 1.17 bits per heavy atom. The van der Waals surface area contributed by atoms with E-state index in [4.69, 9.17) is 0 Å². The molecule has 1 fully saturated rings. The minimum Gasteiger partial charge on any atom is -0.310 e. The minimum atomic E-state index is -3.68. The number of tetrazole rings is 1. The van der Waals surface area contributed by atoms with Gasteiger partial charge >= 0.3 is 0 Å². The molecule has 3 aromatic rings. The largest absolute Gasteiger partial charge is 0.310 e. The van der Waals surface area contributed by atoms with E-state index in [0.29, 0.717) is 24.3 Å². The lowest BCUT2D eigenvalue weighted by Crippen LogP contribution is -2.41. The predicted octanol–water partition coefficient (Wildman–Crippen LogP) is 1.41. The molecule has 0 atom stereocenters. The van der Waals surface area contributed by atoms with E-state index in [1.54, 1.807) is 30.5 Å². The molecule has 1 aliphatic rings. The summed E-state index contributed by atoms with van der Waals surface area (Å²) in [6.45, 7) is 2.47. The van der Waals surface area contributed by atoms with Crippen LogP contribution in [0.25, 0.3) is 5.69 Å². The van der Waals surface area contributed by atoms with Crippen molar-refractivity contribution in [3.05, 3.63) is 54.5 Å². The van der Waals surface area contributed by atoms with Crippen LogP contribution < -0.4 is 5.32 Å². The van der Waals surface area contributed by atoms with Crippen molar-refractivity contribution in [3.63, 3.8) is 0 Å². The number of aromatic nitrogens is 5. The highest BCUT2D eigenvalue weighted by molar-refractivity contribution is 7.89. The Morgan fingerprint density at radius 3 is 2.67 bits per heavy atom. The number of benzene rings is 1. The van der Waals surface area contributed by atoms with Gasteiger partial charge in [-0.2, -0.15) is 4.31 Å². The molecule has 156 valence electrons. The molecule has 1 N–H and O–H groups in total.